The Labute approximate surface area is 133 Å². The zero-order chi connectivity index (χ0) is 15.1. The van der Waals surface area contributed by atoms with Gasteiger partial charge in [0.25, 0.3) is 0 Å². The minimum absolute atomic E-state index is 0.483. The first kappa shape index (κ1) is 16.8. The van der Waals surface area contributed by atoms with Crippen LogP contribution in [0.5, 0.6) is 0 Å². The van der Waals surface area contributed by atoms with Crippen LogP contribution in [0.25, 0.3) is 0 Å². The summed E-state index contributed by atoms with van der Waals surface area (Å²) in [6, 6.07) is 0. The maximum absolute atomic E-state index is 6.39. The molecule has 0 bridgehead atoms. The number of nitrogens with zero attached hydrogens (tertiary/aromatic N) is 2. The van der Waals surface area contributed by atoms with E-state index in [-0.39, 0.29) is 0 Å². The summed E-state index contributed by atoms with van der Waals surface area (Å²) in [6.07, 6.45) is 7.84. The Bertz CT molecular complexity index is 427. The largest absolute Gasteiger partial charge is 0.377 e. The predicted octanol–water partition coefficient (Wildman–Crippen LogP) is 3.56. The van der Waals surface area contributed by atoms with Crippen LogP contribution in [0.15, 0.2) is 0 Å². The van der Waals surface area contributed by atoms with Gasteiger partial charge in [-0.2, -0.15) is 5.10 Å². The van der Waals surface area contributed by atoms with Crippen molar-refractivity contribution in [1.29, 1.82) is 0 Å². The average Bonchev–Trinajstić information content (AvgIpc) is 2.84. The molecule has 0 amide bonds. The molecular weight excluding hydrogens is 286 g/mol. The predicted molar refractivity (Wildman–Crippen MR) is 86.8 cm³/mol. The number of ether oxygens (including phenoxy) is 1. The standard InChI is InChI=1S/C16H28ClN3O/c1-3-14-16(17)15(20(4-2)19-14)12-18-10-11-21-13-8-6-5-7-9-13/h13,18H,3-12H2,1-2H3. The maximum atomic E-state index is 6.39. The fraction of sp³-hybridized carbons (Fsp3) is 0.812. The quantitative estimate of drug-likeness (QED) is 0.746. The van der Waals surface area contributed by atoms with Gasteiger partial charge in [-0.1, -0.05) is 37.8 Å². The SMILES string of the molecule is CCc1nn(CC)c(CNCCOC2CCCCC2)c1Cl. The lowest BCUT2D eigenvalue weighted by molar-refractivity contribution is 0.0302. The third-order valence-corrected chi connectivity index (χ3v) is 4.61. The Hall–Kier alpha value is -0.580. The fourth-order valence-corrected chi connectivity index (χ4v) is 3.26. The Kier molecular flexibility index (Phi) is 7.00. The highest BCUT2D eigenvalue weighted by atomic mass is 35.5. The molecule has 21 heavy (non-hydrogen) atoms. The highest BCUT2D eigenvalue weighted by molar-refractivity contribution is 6.31. The molecule has 5 heteroatoms. The Morgan fingerprint density at radius 2 is 2.05 bits per heavy atom. The molecule has 1 fully saturated rings. The topological polar surface area (TPSA) is 39.1 Å². The van der Waals surface area contributed by atoms with Crippen molar-refractivity contribution in [3.63, 3.8) is 0 Å². The number of rotatable bonds is 8. The summed E-state index contributed by atoms with van der Waals surface area (Å²) in [5, 5.41) is 8.78. The fourth-order valence-electron chi connectivity index (χ4n) is 2.92. The summed E-state index contributed by atoms with van der Waals surface area (Å²) >= 11 is 6.39. The first-order chi connectivity index (χ1) is 10.3. The molecule has 1 aromatic rings. The maximum Gasteiger partial charge on any atom is 0.0863 e. The molecule has 1 aliphatic rings. The van der Waals surface area contributed by atoms with Gasteiger partial charge in [-0.25, -0.2) is 0 Å². The Balaban J connectivity index is 1.71. The van der Waals surface area contributed by atoms with E-state index in [4.69, 9.17) is 16.3 Å². The molecule has 0 aromatic carbocycles. The normalized spacial score (nSPS) is 16.5. The zero-order valence-corrected chi connectivity index (χ0v) is 14.1. The van der Waals surface area contributed by atoms with Crippen molar-refractivity contribution >= 4 is 11.6 Å². The van der Waals surface area contributed by atoms with E-state index in [1.54, 1.807) is 0 Å². The summed E-state index contributed by atoms with van der Waals surface area (Å²) < 4.78 is 7.91. The van der Waals surface area contributed by atoms with Gasteiger partial charge >= 0.3 is 0 Å². The Morgan fingerprint density at radius 3 is 2.71 bits per heavy atom. The summed E-state index contributed by atoms with van der Waals surface area (Å²) in [6.45, 7) is 7.44. The van der Waals surface area contributed by atoms with Crippen LogP contribution in [0.2, 0.25) is 5.02 Å². The number of aromatic nitrogens is 2. The zero-order valence-electron chi connectivity index (χ0n) is 13.3. The van der Waals surface area contributed by atoms with E-state index in [2.05, 4.69) is 24.3 Å². The summed E-state index contributed by atoms with van der Waals surface area (Å²) in [5.41, 5.74) is 2.09. The molecule has 2 rings (SSSR count). The van der Waals surface area contributed by atoms with Gasteiger partial charge in [-0.05, 0) is 26.2 Å². The molecule has 0 saturated heterocycles. The van der Waals surface area contributed by atoms with E-state index >= 15 is 0 Å². The van der Waals surface area contributed by atoms with Crippen LogP contribution in [0.3, 0.4) is 0 Å². The van der Waals surface area contributed by atoms with Crippen LogP contribution >= 0.6 is 11.6 Å². The molecule has 1 aromatic heterocycles. The molecule has 120 valence electrons. The van der Waals surface area contributed by atoms with Gasteiger partial charge in [-0.3, -0.25) is 4.68 Å². The second-order valence-electron chi connectivity index (χ2n) is 5.68. The number of aryl methyl sites for hydroxylation is 2. The minimum atomic E-state index is 0.483. The average molecular weight is 314 g/mol. The van der Waals surface area contributed by atoms with Crippen LogP contribution in [-0.4, -0.2) is 29.0 Å². The lowest BCUT2D eigenvalue weighted by Gasteiger charge is -2.22. The number of halogens is 1. The van der Waals surface area contributed by atoms with E-state index in [1.807, 2.05) is 4.68 Å². The smallest absolute Gasteiger partial charge is 0.0863 e. The van der Waals surface area contributed by atoms with Crippen molar-refractivity contribution in [3.8, 4) is 0 Å². The van der Waals surface area contributed by atoms with E-state index in [1.165, 1.54) is 32.1 Å². The molecule has 1 saturated carbocycles. The summed E-state index contributed by atoms with van der Waals surface area (Å²) in [5.74, 6) is 0. The monoisotopic (exact) mass is 313 g/mol. The van der Waals surface area contributed by atoms with E-state index in [9.17, 15) is 0 Å². The van der Waals surface area contributed by atoms with Gasteiger partial charge in [0.2, 0.25) is 0 Å². The second-order valence-corrected chi connectivity index (χ2v) is 6.06. The molecule has 1 aliphatic carbocycles. The minimum Gasteiger partial charge on any atom is -0.377 e. The summed E-state index contributed by atoms with van der Waals surface area (Å²) in [7, 11) is 0. The third-order valence-electron chi connectivity index (χ3n) is 4.17. The van der Waals surface area contributed by atoms with Crippen LogP contribution in [0.4, 0.5) is 0 Å². The molecule has 0 aliphatic heterocycles. The molecule has 0 atom stereocenters. The van der Waals surface area contributed by atoms with Gasteiger partial charge in [0.05, 0.1) is 29.1 Å². The van der Waals surface area contributed by atoms with Gasteiger partial charge in [0, 0.05) is 19.6 Å². The molecule has 1 N–H and O–H groups in total. The molecule has 1 heterocycles. The number of hydrogen-bond donors (Lipinski definition) is 1. The van der Waals surface area contributed by atoms with Gasteiger partial charge in [0.1, 0.15) is 0 Å². The van der Waals surface area contributed by atoms with Crippen LogP contribution in [-0.2, 0) is 24.2 Å². The van der Waals surface area contributed by atoms with Gasteiger partial charge in [0.15, 0.2) is 0 Å². The third kappa shape index (κ3) is 4.70. The second kappa shape index (κ2) is 8.76. The van der Waals surface area contributed by atoms with Crippen LogP contribution in [0.1, 0.15) is 57.3 Å². The van der Waals surface area contributed by atoms with Crippen molar-refractivity contribution in [3.05, 3.63) is 16.4 Å². The van der Waals surface area contributed by atoms with Crippen LogP contribution < -0.4 is 5.32 Å². The Morgan fingerprint density at radius 1 is 1.29 bits per heavy atom. The summed E-state index contributed by atoms with van der Waals surface area (Å²) in [4.78, 5) is 0. The first-order valence-electron chi connectivity index (χ1n) is 8.32. The number of nitrogens with one attached hydrogen (secondary N) is 1. The number of hydrogen-bond acceptors (Lipinski definition) is 3. The molecular formula is C16H28ClN3O. The van der Waals surface area contributed by atoms with Gasteiger partial charge < -0.3 is 10.1 Å². The van der Waals surface area contributed by atoms with Gasteiger partial charge in [-0.15, -0.1) is 0 Å². The highest BCUT2D eigenvalue weighted by Gasteiger charge is 2.15. The van der Waals surface area contributed by atoms with Crippen molar-refractivity contribution in [2.75, 3.05) is 13.2 Å². The van der Waals surface area contributed by atoms with E-state index < -0.39 is 0 Å². The van der Waals surface area contributed by atoms with E-state index in [0.717, 1.165) is 49.1 Å². The van der Waals surface area contributed by atoms with Crippen molar-refractivity contribution in [2.24, 2.45) is 0 Å². The molecule has 4 nitrogen and oxygen atoms in total. The van der Waals surface area contributed by atoms with Crippen molar-refractivity contribution in [1.82, 2.24) is 15.1 Å². The van der Waals surface area contributed by atoms with E-state index in [0.29, 0.717) is 6.10 Å². The van der Waals surface area contributed by atoms with Crippen molar-refractivity contribution in [2.45, 2.75) is 71.6 Å². The molecule has 0 radical (unpaired) electrons. The highest BCUT2D eigenvalue weighted by Crippen LogP contribution is 2.22. The van der Waals surface area contributed by atoms with Crippen molar-refractivity contribution < 1.29 is 4.74 Å². The first-order valence-corrected chi connectivity index (χ1v) is 8.70. The van der Waals surface area contributed by atoms with Crippen LogP contribution in [0, 0.1) is 0 Å². The lowest BCUT2D eigenvalue weighted by Crippen LogP contribution is -2.25. The molecule has 0 unspecified atom stereocenters. The molecule has 0 spiro atoms. The lowest BCUT2D eigenvalue weighted by atomic mass is 9.98.